The molecule has 3 heteroatoms. The Morgan fingerprint density at radius 2 is 1.90 bits per heavy atom. The van der Waals surface area contributed by atoms with Crippen molar-refractivity contribution in [3.05, 3.63) is 53.6 Å². The number of fused-ring (bicyclic) bond motifs is 1. The second kappa shape index (κ2) is 5.68. The molecule has 21 heavy (non-hydrogen) atoms. The summed E-state index contributed by atoms with van der Waals surface area (Å²) in [4.78, 5) is 4.64. The number of anilines is 3. The van der Waals surface area contributed by atoms with Crippen molar-refractivity contribution >= 4 is 17.1 Å². The summed E-state index contributed by atoms with van der Waals surface area (Å²) >= 11 is 0. The Balaban J connectivity index is 1.93. The van der Waals surface area contributed by atoms with Crippen LogP contribution in [-0.4, -0.2) is 20.6 Å². The molecule has 3 rings (SSSR count). The van der Waals surface area contributed by atoms with Crippen molar-refractivity contribution in [2.75, 3.05) is 36.2 Å². The molecule has 0 radical (unpaired) electrons. The minimum absolute atomic E-state index is 0.929. The smallest absolute Gasteiger partial charge is 0.0450 e. The molecule has 110 valence electrons. The van der Waals surface area contributed by atoms with Gasteiger partial charge in [-0.2, -0.15) is 0 Å². The van der Waals surface area contributed by atoms with Crippen molar-refractivity contribution in [1.29, 1.82) is 0 Å². The fourth-order valence-electron chi connectivity index (χ4n) is 3.18. The van der Waals surface area contributed by atoms with E-state index in [4.69, 9.17) is 5.73 Å². The van der Waals surface area contributed by atoms with Gasteiger partial charge >= 0.3 is 0 Å². The number of benzene rings is 2. The maximum absolute atomic E-state index is 6.14. The van der Waals surface area contributed by atoms with Crippen molar-refractivity contribution in [2.45, 2.75) is 19.4 Å². The lowest BCUT2D eigenvalue weighted by atomic mass is 9.99. The van der Waals surface area contributed by atoms with Crippen LogP contribution in [-0.2, 0) is 13.0 Å². The van der Waals surface area contributed by atoms with Crippen LogP contribution in [0.2, 0.25) is 0 Å². The topological polar surface area (TPSA) is 32.5 Å². The fourth-order valence-corrected chi connectivity index (χ4v) is 3.18. The molecule has 2 aromatic rings. The van der Waals surface area contributed by atoms with E-state index in [-0.39, 0.29) is 0 Å². The van der Waals surface area contributed by atoms with Crippen molar-refractivity contribution in [1.82, 2.24) is 0 Å². The molecule has 2 N–H and O–H groups in total. The van der Waals surface area contributed by atoms with Crippen molar-refractivity contribution in [3.8, 4) is 0 Å². The van der Waals surface area contributed by atoms with E-state index < -0.39 is 0 Å². The molecule has 1 aliphatic rings. The zero-order chi connectivity index (χ0) is 14.8. The number of nitrogens with two attached hydrogens (primary N) is 1. The Morgan fingerprint density at radius 3 is 2.71 bits per heavy atom. The summed E-state index contributed by atoms with van der Waals surface area (Å²) in [5.74, 6) is 0. The lowest BCUT2D eigenvalue weighted by Crippen LogP contribution is -2.30. The molecule has 0 saturated heterocycles. The third kappa shape index (κ3) is 2.68. The zero-order valence-corrected chi connectivity index (χ0v) is 12.8. The van der Waals surface area contributed by atoms with Gasteiger partial charge in [0.25, 0.3) is 0 Å². The largest absolute Gasteiger partial charge is 0.398 e. The van der Waals surface area contributed by atoms with Crippen LogP contribution in [0.1, 0.15) is 17.5 Å². The average molecular weight is 281 g/mol. The van der Waals surface area contributed by atoms with E-state index in [0.29, 0.717) is 0 Å². The van der Waals surface area contributed by atoms with Gasteiger partial charge in [0.05, 0.1) is 0 Å². The van der Waals surface area contributed by atoms with Gasteiger partial charge in [-0.15, -0.1) is 0 Å². The Morgan fingerprint density at radius 1 is 1.10 bits per heavy atom. The number of nitrogen functional groups attached to an aromatic ring is 1. The molecule has 0 aliphatic carbocycles. The molecule has 0 saturated carbocycles. The third-order valence-corrected chi connectivity index (χ3v) is 4.22. The lowest BCUT2D eigenvalue weighted by Gasteiger charge is -2.33. The van der Waals surface area contributed by atoms with E-state index in [9.17, 15) is 0 Å². The molecule has 1 heterocycles. The molecule has 0 bridgehead atoms. The number of para-hydroxylation sites is 1. The quantitative estimate of drug-likeness (QED) is 0.876. The van der Waals surface area contributed by atoms with Crippen LogP contribution in [0.25, 0.3) is 0 Å². The molecule has 3 nitrogen and oxygen atoms in total. The first-order valence-corrected chi connectivity index (χ1v) is 7.54. The van der Waals surface area contributed by atoms with Gasteiger partial charge in [-0.3, -0.25) is 0 Å². The van der Waals surface area contributed by atoms with Crippen LogP contribution in [0.3, 0.4) is 0 Å². The van der Waals surface area contributed by atoms with E-state index in [1.807, 2.05) is 6.07 Å². The van der Waals surface area contributed by atoms with Crippen LogP contribution in [0.15, 0.2) is 42.5 Å². The molecule has 0 atom stereocenters. The van der Waals surface area contributed by atoms with Crippen LogP contribution < -0.4 is 15.5 Å². The summed E-state index contributed by atoms with van der Waals surface area (Å²) in [6, 6.07) is 14.9. The maximum Gasteiger partial charge on any atom is 0.0450 e. The van der Waals surface area contributed by atoms with Gasteiger partial charge in [0.15, 0.2) is 0 Å². The van der Waals surface area contributed by atoms with Crippen LogP contribution >= 0.6 is 0 Å². The van der Waals surface area contributed by atoms with Crippen LogP contribution in [0.5, 0.6) is 0 Å². The summed E-state index contributed by atoms with van der Waals surface area (Å²) in [6.07, 6.45) is 2.26. The molecule has 0 unspecified atom stereocenters. The first-order chi connectivity index (χ1) is 10.2. The summed E-state index contributed by atoms with van der Waals surface area (Å²) in [5.41, 5.74) is 12.3. The Labute approximate surface area is 127 Å². The van der Waals surface area contributed by atoms with Gasteiger partial charge in [0.2, 0.25) is 0 Å². The molecule has 0 spiro atoms. The Hall–Kier alpha value is -2.16. The number of hydrogen-bond acceptors (Lipinski definition) is 3. The molecule has 2 aromatic carbocycles. The second-order valence-electron chi connectivity index (χ2n) is 5.89. The van der Waals surface area contributed by atoms with Crippen LogP contribution in [0.4, 0.5) is 17.1 Å². The predicted molar refractivity (Wildman–Crippen MR) is 91.0 cm³/mol. The summed E-state index contributed by atoms with van der Waals surface area (Å²) in [7, 11) is 4.20. The summed E-state index contributed by atoms with van der Waals surface area (Å²) in [5, 5.41) is 0. The van der Waals surface area contributed by atoms with E-state index in [0.717, 1.165) is 25.2 Å². The van der Waals surface area contributed by atoms with E-state index in [1.165, 1.54) is 28.9 Å². The monoisotopic (exact) mass is 281 g/mol. The standard InChI is InChI=1S/C18H23N3/c1-20(2)17-10-4-3-7-14(17)13-21-12-6-8-15-16(19)9-5-11-18(15)21/h3-5,7,9-11H,6,8,12-13,19H2,1-2H3. The molecule has 0 aromatic heterocycles. The van der Waals surface area contributed by atoms with Crippen LogP contribution in [0, 0.1) is 0 Å². The fraction of sp³-hybridized carbons (Fsp3) is 0.333. The normalized spacial score (nSPS) is 13.9. The lowest BCUT2D eigenvalue weighted by molar-refractivity contribution is 0.692. The van der Waals surface area contributed by atoms with Crippen molar-refractivity contribution < 1.29 is 0 Å². The number of nitrogens with zero attached hydrogens (tertiary/aromatic N) is 2. The predicted octanol–water partition coefficient (Wildman–Crippen LogP) is 3.29. The molecule has 1 aliphatic heterocycles. The third-order valence-electron chi connectivity index (χ3n) is 4.22. The summed E-state index contributed by atoms with van der Waals surface area (Å²) in [6.45, 7) is 2.03. The van der Waals surface area contributed by atoms with Gasteiger partial charge in [-0.1, -0.05) is 24.3 Å². The highest BCUT2D eigenvalue weighted by Gasteiger charge is 2.19. The highest BCUT2D eigenvalue weighted by molar-refractivity contribution is 5.67. The molecule has 0 amide bonds. The Bertz CT molecular complexity index is 634. The van der Waals surface area contributed by atoms with Gasteiger partial charge < -0.3 is 15.5 Å². The van der Waals surface area contributed by atoms with Crippen molar-refractivity contribution in [3.63, 3.8) is 0 Å². The molecule has 0 fully saturated rings. The highest BCUT2D eigenvalue weighted by Crippen LogP contribution is 2.33. The SMILES string of the molecule is CN(C)c1ccccc1CN1CCCc2c(N)cccc21. The molecular weight excluding hydrogens is 258 g/mol. The minimum atomic E-state index is 0.929. The number of rotatable bonds is 3. The number of hydrogen-bond donors (Lipinski definition) is 1. The maximum atomic E-state index is 6.14. The second-order valence-corrected chi connectivity index (χ2v) is 5.89. The van der Waals surface area contributed by atoms with E-state index >= 15 is 0 Å². The summed E-state index contributed by atoms with van der Waals surface area (Å²) < 4.78 is 0. The van der Waals surface area contributed by atoms with E-state index in [2.05, 4.69) is 60.3 Å². The van der Waals surface area contributed by atoms with E-state index in [1.54, 1.807) is 0 Å². The average Bonchev–Trinajstić information content (AvgIpc) is 2.49. The van der Waals surface area contributed by atoms with Gasteiger partial charge in [0, 0.05) is 44.2 Å². The van der Waals surface area contributed by atoms with Crippen molar-refractivity contribution in [2.24, 2.45) is 0 Å². The highest BCUT2D eigenvalue weighted by atomic mass is 15.1. The Kier molecular flexibility index (Phi) is 3.74. The first-order valence-electron chi connectivity index (χ1n) is 7.54. The van der Waals surface area contributed by atoms with Gasteiger partial charge in [0.1, 0.15) is 0 Å². The zero-order valence-electron chi connectivity index (χ0n) is 12.8. The molecular formula is C18H23N3. The minimum Gasteiger partial charge on any atom is -0.398 e. The van der Waals surface area contributed by atoms with Gasteiger partial charge in [-0.25, -0.2) is 0 Å². The first kappa shape index (κ1) is 13.8. The van der Waals surface area contributed by atoms with Gasteiger partial charge in [-0.05, 0) is 42.2 Å².